The molecule has 0 bridgehead atoms. The van der Waals surface area contributed by atoms with Crippen LogP contribution in [-0.2, 0) is 4.79 Å². The maximum absolute atomic E-state index is 11.1. The van der Waals surface area contributed by atoms with Gasteiger partial charge in [0, 0.05) is 12.5 Å². The fourth-order valence-corrected chi connectivity index (χ4v) is 1.37. The Morgan fingerprint density at radius 3 is 3.09 bits per heavy atom. The molecule has 1 atom stereocenters. The highest BCUT2D eigenvalue weighted by Crippen LogP contribution is 2.14. The van der Waals surface area contributed by atoms with Gasteiger partial charge in [-0.15, -0.1) is 0 Å². The van der Waals surface area contributed by atoms with Gasteiger partial charge in [0.15, 0.2) is 0 Å². The summed E-state index contributed by atoms with van der Waals surface area (Å²) in [6.07, 6.45) is 1.80. The monoisotopic (exact) mass is 155 g/mol. The van der Waals surface area contributed by atoms with Gasteiger partial charge < -0.3 is 15.7 Å². The van der Waals surface area contributed by atoms with Crippen molar-refractivity contribution in [3.05, 3.63) is 0 Å². The number of nitrogens with zero attached hydrogens (tertiary/aromatic N) is 1. The van der Waals surface area contributed by atoms with Gasteiger partial charge in [-0.25, -0.2) is 0 Å². The topological polar surface area (TPSA) is 66.6 Å². The summed E-state index contributed by atoms with van der Waals surface area (Å²) in [5, 5.41) is 8.72. The van der Waals surface area contributed by atoms with Crippen LogP contribution in [0, 0.1) is 0 Å². The predicted octanol–water partition coefficient (Wildman–Crippen LogP) is -1.49. The van der Waals surface area contributed by atoms with Crippen LogP contribution in [0.4, 0.5) is 0 Å². The molecule has 0 saturated carbocycles. The fourth-order valence-electron chi connectivity index (χ4n) is 1.37. The van der Waals surface area contributed by atoms with Gasteiger partial charge >= 0.3 is 7.48 Å². The van der Waals surface area contributed by atoms with Gasteiger partial charge in [0.2, 0.25) is 5.91 Å². The largest absolute Gasteiger partial charge is 0.452 e. The highest BCUT2D eigenvalue weighted by Gasteiger charge is 2.27. The van der Waals surface area contributed by atoms with Crippen molar-refractivity contribution >= 4 is 13.4 Å². The molecule has 1 amide bonds. The van der Waals surface area contributed by atoms with E-state index in [1.54, 1.807) is 4.90 Å². The average molecular weight is 155 g/mol. The molecule has 1 heterocycles. The van der Waals surface area contributed by atoms with Crippen LogP contribution in [0.1, 0.15) is 12.8 Å². The van der Waals surface area contributed by atoms with E-state index in [1.807, 2.05) is 0 Å². The summed E-state index contributed by atoms with van der Waals surface area (Å²) >= 11 is 0. The van der Waals surface area contributed by atoms with Crippen LogP contribution in [0.3, 0.4) is 0 Å². The van der Waals surface area contributed by atoms with Crippen molar-refractivity contribution in [1.29, 1.82) is 0 Å². The molecule has 61 valence electrons. The van der Waals surface area contributed by atoms with Crippen LogP contribution >= 0.6 is 0 Å². The van der Waals surface area contributed by atoms with Gasteiger partial charge in [-0.1, -0.05) is 0 Å². The number of hydrogen-bond acceptors (Lipinski definition) is 3. The first-order valence-electron chi connectivity index (χ1n) is 3.76. The minimum Gasteiger partial charge on any atom is -0.452 e. The van der Waals surface area contributed by atoms with Crippen molar-refractivity contribution in [2.24, 2.45) is 5.73 Å². The zero-order valence-corrected chi connectivity index (χ0v) is 6.36. The molecule has 0 aliphatic carbocycles. The van der Waals surface area contributed by atoms with E-state index in [1.165, 1.54) is 0 Å². The maximum Gasteiger partial charge on any atom is 0.312 e. The van der Waals surface area contributed by atoms with Gasteiger partial charge in [-0.3, -0.25) is 4.79 Å². The fraction of sp³-hybridized carbons (Fsp3) is 0.833. The highest BCUT2D eigenvalue weighted by atomic mass is 16.2. The lowest BCUT2D eigenvalue weighted by Gasteiger charge is -2.21. The second-order valence-electron chi connectivity index (χ2n) is 2.65. The highest BCUT2D eigenvalue weighted by molar-refractivity contribution is 6.28. The Kier molecular flexibility index (Phi) is 2.90. The number of nitrogens with two attached hydrogens (primary N) is 1. The van der Waals surface area contributed by atoms with E-state index in [-0.39, 0.29) is 18.4 Å². The molecule has 11 heavy (non-hydrogen) atoms. The molecule has 1 radical (unpaired) electrons. The van der Waals surface area contributed by atoms with Gasteiger partial charge in [0.25, 0.3) is 0 Å². The van der Waals surface area contributed by atoms with Crippen molar-refractivity contribution in [3.8, 4) is 0 Å². The number of hydrogen-bond donors (Lipinski definition) is 2. The van der Waals surface area contributed by atoms with E-state index in [0.29, 0.717) is 0 Å². The Balaban J connectivity index is 2.49. The number of likely N-dealkylation sites (tertiary alicyclic amines) is 1. The van der Waals surface area contributed by atoms with E-state index in [2.05, 4.69) is 0 Å². The lowest BCUT2D eigenvalue weighted by atomic mass is 9.86. The minimum absolute atomic E-state index is 0.0321. The van der Waals surface area contributed by atoms with E-state index in [9.17, 15) is 4.79 Å². The Morgan fingerprint density at radius 1 is 1.82 bits per heavy atom. The molecule has 0 aromatic rings. The average Bonchev–Trinajstić information content (AvgIpc) is 2.50. The molecule has 3 N–H and O–H groups in total. The lowest BCUT2D eigenvalue weighted by Crippen LogP contribution is -2.42. The van der Waals surface area contributed by atoms with Crippen LogP contribution in [0.25, 0.3) is 0 Å². The van der Waals surface area contributed by atoms with Crippen molar-refractivity contribution in [2.75, 3.05) is 13.1 Å². The van der Waals surface area contributed by atoms with Crippen LogP contribution in [0.15, 0.2) is 0 Å². The first-order valence-corrected chi connectivity index (χ1v) is 3.76. The third-order valence-corrected chi connectivity index (χ3v) is 1.97. The van der Waals surface area contributed by atoms with Gasteiger partial charge in [-0.05, 0) is 12.8 Å². The number of rotatable bonds is 2. The van der Waals surface area contributed by atoms with E-state index in [0.717, 1.165) is 26.9 Å². The SMILES string of the molecule is NCC(=O)N1CCCC1[B]O. The van der Waals surface area contributed by atoms with Crippen molar-refractivity contribution in [3.63, 3.8) is 0 Å². The molecule has 1 aliphatic rings. The predicted molar refractivity (Wildman–Crippen MR) is 41.8 cm³/mol. The summed E-state index contributed by atoms with van der Waals surface area (Å²) in [6.45, 7) is 0.752. The van der Waals surface area contributed by atoms with Crippen LogP contribution in [-0.4, -0.2) is 42.3 Å². The molecule has 4 nitrogen and oxygen atoms in total. The minimum atomic E-state index is -0.106. The van der Waals surface area contributed by atoms with Crippen molar-refractivity contribution < 1.29 is 9.82 Å². The van der Waals surface area contributed by atoms with Crippen LogP contribution in [0.5, 0.6) is 0 Å². The van der Waals surface area contributed by atoms with Gasteiger partial charge in [-0.2, -0.15) is 0 Å². The lowest BCUT2D eigenvalue weighted by molar-refractivity contribution is -0.129. The molecular formula is C6H12BN2O2. The van der Waals surface area contributed by atoms with Gasteiger partial charge in [0.1, 0.15) is 0 Å². The quantitative estimate of drug-likeness (QED) is 0.477. The number of carbonyl (C=O) groups is 1. The second kappa shape index (κ2) is 3.73. The first-order chi connectivity index (χ1) is 5.29. The number of carbonyl (C=O) groups excluding carboxylic acids is 1. The Labute approximate surface area is 66.6 Å². The standard InChI is InChI=1S/C6H12BN2O2/c8-4-6(10)9-3-1-2-5(9)7-11/h5,11H,1-4,8H2. The molecule has 1 aliphatic heterocycles. The summed E-state index contributed by atoms with van der Waals surface area (Å²) in [4.78, 5) is 12.7. The summed E-state index contributed by atoms with van der Waals surface area (Å²) < 4.78 is 0. The molecule has 1 saturated heterocycles. The third kappa shape index (κ3) is 1.72. The molecule has 1 rings (SSSR count). The Morgan fingerprint density at radius 2 is 2.55 bits per heavy atom. The zero-order valence-electron chi connectivity index (χ0n) is 6.36. The second-order valence-corrected chi connectivity index (χ2v) is 2.65. The maximum atomic E-state index is 11.1. The molecule has 1 fully saturated rings. The first kappa shape index (κ1) is 8.55. The molecular weight excluding hydrogens is 143 g/mol. The molecule has 0 aromatic heterocycles. The molecule has 1 unspecified atom stereocenters. The normalized spacial score (nSPS) is 23.8. The summed E-state index contributed by atoms with van der Waals surface area (Å²) in [5.74, 6) is -0.191. The summed E-state index contributed by atoms with van der Waals surface area (Å²) in [6, 6.07) is 0. The van der Waals surface area contributed by atoms with E-state index in [4.69, 9.17) is 10.8 Å². The van der Waals surface area contributed by atoms with Crippen LogP contribution < -0.4 is 5.73 Å². The molecule has 0 aromatic carbocycles. The summed E-state index contributed by atoms with van der Waals surface area (Å²) in [7, 11) is 1.07. The van der Waals surface area contributed by atoms with Crippen molar-refractivity contribution in [2.45, 2.75) is 18.8 Å². The zero-order chi connectivity index (χ0) is 8.27. The van der Waals surface area contributed by atoms with Crippen LogP contribution in [0.2, 0.25) is 0 Å². The van der Waals surface area contributed by atoms with E-state index < -0.39 is 0 Å². The van der Waals surface area contributed by atoms with E-state index >= 15 is 0 Å². The summed E-state index contributed by atoms with van der Waals surface area (Å²) in [5.41, 5.74) is 5.18. The molecule has 0 spiro atoms. The Bertz CT molecular complexity index is 154. The van der Waals surface area contributed by atoms with Gasteiger partial charge in [0.05, 0.1) is 6.54 Å². The third-order valence-electron chi connectivity index (χ3n) is 1.97. The molecule has 5 heteroatoms. The number of amides is 1. The van der Waals surface area contributed by atoms with Crippen molar-refractivity contribution in [1.82, 2.24) is 4.90 Å². The smallest absolute Gasteiger partial charge is 0.312 e. The Hall–Kier alpha value is -0.545.